The molecule has 2 fully saturated rings. The summed E-state index contributed by atoms with van der Waals surface area (Å²) in [6.07, 6.45) is 5.66. The smallest absolute Gasteiger partial charge is 0.164 e. The van der Waals surface area contributed by atoms with Crippen LogP contribution in [0.4, 0.5) is 11.5 Å². The number of hydrogen-bond donors (Lipinski definition) is 3. The topological polar surface area (TPSA) is 105 Å². The van der Waals surface area contributed by atoms with Gasteiger partial charge in [-0.1, -0.05) is 30.3 Å². The number of nitrogens with zero attached hydrogens (tertiary/aromatic N) is 4. The van der Waals surface area contributed by atoms with Crippen LogP contribution in [0.25, 0.3) is 22.2 Å². The second-order valence-corrected chi connectivity index (χ2v) is 8.11. The predicted molar refractivity (Wildman–Crippen MR) is 115 cm³/mol. The lowest BCUT2D eigenvalue weighted by Crippen LogP contribution is -2.32. The number of fused-ring (bicyclic) bond motifs is 1. The van der Waals surface area contributed by atoms with Gasteiger partial charge in [-0.05, 0) is 30.5 Å². The van der Waals surface area contributed by atoms with Gasteiger partial charge in [-0.25, -0.2) is 9.97 Å². The van der Waals surface area contributed by atoms with E-state index in [0.717, 1.165) is 35.0 Å². The van der Waals surface area contributed by atoms with Gasteiger partial charge in [0.05, 0.1) is 22.9 Å². The number of pyridine rings is 1. The first-order valence-corrected chi connectivity index (χ1v) is 10.3. The highest BCUT2D eigenvalue weighted by Crippen LogP contribution is 2.53. The summed E-state index contributed by atoms with van der Waals surface area (Å²) < 4.78 is 7.97. The Hall–Kier alpha value is -3.33. The summed E-state index contributed by atoms with van der Waals surface area (Å²) in [5.74, 6) is 0.629. The molecule has 3 aromatic heterocycles. The molecule has 3 atom stereocenters. The predicted octanol–water partition coefficient (Wildman–Crippen LogP) is 3.02. The Morgan fingerprint density at radius 1 is 1.06 bits per heavy atom. The Labute approximate surface area is 178 Å². The first-order valence-electron chi connectivity index (χ1n) is 10.3. The summed E-state index contributed by atoms with van der Waals surface area (Å²) in [6, 6.07) is 13.7. The van der Waals surface area contributed by atoms with Gasteiger partial charge in [0.1, 0.15) is 30.0 Å². The number of ether oxygens (including phenoxy) is 1. The highest BCUT2D eigenvalue weighted by atomic mass is 16.6. The largest absolute Gasteiger partial charge is 0.387 e. The normalized spacial score (nSPS) is 24.0. The van der Waals surface area contributed by atoms with Crippen molar-refractivity contribution in [3.05, 3.63) is 67.4 Å². The monoisotopic (exact) mass is 415 g/mol. The number of hydrogen-bond acceptors (Lipinski definition) is 7. The fraction of sp³-hybridized carbons (Fsp3) is 0.261. The lowest BCUT2D eigenvalue weighted by molar-refractivity contribution is -0.0456. The van der Waals surface area contributed by atoms with Crippen LogP contribution >= 0.6 is 0 Å². The van der Waals surface area contributed by atoms with Gasteiger partial charge in [-0.3, -0.25) is 4.98 Å². The standard InChI is InChI=1S/C23H21N5O3/c29-18-19(30)23(8-9-23)31-22(18)28-12-16(14-5-2-1-3-6-14)17-20(25-13-26-21(17)28)27-15-7-4-10-24-11-15/h1-7,10-13,18-19,22,29-30H,8-9H2,(H,25,26,27)/t18-,19+,22-/m1/s1. The van der Waals surface area contributed by atoms with Crippen LogP contribution in [-0.4, -0.2) is 47.5 Å². The van der Waals surface area contributed by atoms with Crippen LogP contribution in [-0.2, 0) is 4.74 Å². The number of anilines is 2. The summed E-state index contributed by atoms with van der Waals surface area (Å²) in [5.41, 5.74) is 2.68. The molecule has 8 nitrogen and oxygen atoms in total. The maximum absolute atomic E-state index is 10.8. The van der Waals surface area contributed by atoms with Crippen LogP contribution in [0.5, 0.6) is 0 Å². The quantitative estimate of drug-likeness (QED) is 0.470. The molecule has 0 unspecified atom stereocenters. The lowest BCUT2D eigenvalue weighted by atomic mass is 10.1. The zero-order valence-electron chi connectivity index (χ0n) is 16.6. The molecule has 156 valence electrons. The molecule has 6 rings (SSSR count). The lowest BCUT2D eigenvalue weighted by Gasteiger charge is -2.17. The Kier molecular flexibility index (Phi) is 4.07. The summed E-state index contributed by atoms with van der Waals surface area (Å²) in [7, 11) is 0. The molecule has 1 spiro atoms. The SMILES string of the molecule is O[C@H]1[C@H](n2cc(-c3ccccc3)c3c(Nc4cccnc4)ncnc32)OC2(CC2)[C@H]1O. The molecule has 31 heavy (non-hydrogen) atoms. The van der Waals surface area contributed by atoms with Crippen LogP contribution in [0.2, 0.25) is 0 Å². The van der Waals surface area contributed by atoms with Crippen LogP contribution in [0, 0.1) is 0 Å². The Balaban J connectivity index is 1.54. The van der Waals surface area contributed by atoms with Crippen LogP contribution in [0.15, 0.2) is 67.4 Å². The summed E-state index contributed by atoms with van der Waals surface area (Å²) in [6.45, 7) is 0. The molecule has 0 amide bonds. The van der Waals surface area contributed by atoms with E-state index in [1.54, 1.807) is 12.4 Å². The number of aliphatic hydroxyl groups is 2. The average molecular weight is 415 g/mol. The minimum absolute atomic E-state index is 0.620. The third kappa shape index (κ3) is 2.91. The Bertz CT molecular complexity index is 1240. The van der Waals surface area contributed by atoms with E-state index >= 15 is 0 Å². The molecule has 1 saturated heterocycles. The second kappa shape index (κ2) is 6.84. The van der Waals surface area contributed by atoms with E-state index in [2.05, 4.69) is 20.3 Å². The molecule has 3 N–H and O–H groups in total. The van der Waals surface area contributed by atoms with Crippen molar-refractivity contribution in [2.24, 2.45) is 0 Å². The Morgan fingerprint density at radius 2 is 1.90 bits per heavy atom. The molecule has 1 aliphatic carbocycles. The van der Waals surface area contributed by atoms with Gasteiger partial charge in [-0.2, -0.15) is 0 Å². The fourth-order valence-electron chi connectivity index (χ4n) is 4.39. The van der Waals surface area contributed by atoms with E-state index in [9.17, 15) is 10.2 Å². The van der Waals surface area contributed by atoms with Crippen molar-refractivity contribution in [2.75, 3.05) is 5.32 Å². The zero-order valence-corrected chi connectivity index (χ0v) is 16.6. The van der Waals surface area contributed by atoms with Crippen LogP contribution < -0.4 is 5.32 Å². The van der Waals surface area contributed by atoms with Gasteiger partial charge in [0, 0.05) is 18.0 Å². The molecule has 4 aromatic rings. The van der Waals surface area contributed by atoms with E-state index in [4.69, 9.17) is 4.74 Å². The maximum atomic E-state index is 10.8. The molecule has 0 bridgehead atoms. The molecule has 4 heterocycles. The second-order valence-electron chi connectivity index (χ2n) is 8.11. The van der Waals surface area contributed by atoms with E-state index in [1.165, 1.54) is 6.33 Å². The summed E-state index contributed by atoms with van der Waals surface area (Å²) in [5, 5.41) is 25.4. The van der Waals surface area contributed by atoms with Gasteiger partial charge < -0.3 is 24.8 Å². The first kappa shape index (κ1) is 18.4. The highest BCUT2D eigenvalue weighted by Gasteiger charge is 2.62. The van der Waals surface area contributed by atoms with Crippen molar-refractivity contribution in [3.8, 4) is 11.1 Å². The van der Waals surface area contributed by atoms with Gasteiger partial charge in [0.2, 0.25) is 0 Å². The van der Waals surface area contributed by atoms with Crippen molar-refractivity contribution in [2.45, 2.75) is 36.9 Å². The van der Waals surface area contributed by atoms with E-state index in [1.807, 2.05) is 53.2 Å². The molecule has 1 saturated carbocycles. The van der Waals surface area contributed by atoms with Crippen molar-refractivity contribution >= 4 is 22.5 Å². The minimum Gasteiger partial charge on any atom is -0.387 e. The van der Waals surface area contributed by atoms with E-state index < -0.39 is 24.0 Å². The van der Waals surface area contributed by atoms with Crippen LogP contribution in [0.3, 0.4) is 0 Å². The third-order valence-corrected chi connectivity index (χ3v) is 6.15. The third-order valence-electron chi connectivity index (χ3n) is 6.15. The summed E-state index contributed by atoms with van der Waals surface area (Å²) >= 11 is 0. The number of aliphatic hydroxyl groups excluding tert-OH is 2. The number of aromatic nitrogens is 4. The molecule has 1 aromatic carbocycles. The van der Waals surface area contributed by atoms with Crippen molar-refractivity contribution in [3.63, 3.8) is 0 Å². The number of rotatable bonds is 4. The number of nitrogens with one attached hydrogen (secondary N) is 1. The zero-order chi connectivity index (χ0) is 21.0. The van der Waals surface area contributed by atoms with E-state index in [0.29, 0.717) is 11.5 Å². The Morgan fingerprint density at radius 3 is 2.61 bits per heavy atom. The highest BCUT2D eigenvalue weighted by molar-refractivity contribution is 6.02. The summed E-state index contributed by atoms with van der Waals surface area (Å²) in [4.78, 5) is 13.2. The fourth-order valence-corrected chi connectivity index (χ4v) is 4.39. The molecule has 2 aliphatic rings. The van der Waals surface area contributed by atoms with Crippen molar-refractivity contribution in [1.29, 1.82) is 0 Å². The van der Waals surface area contributed by atoms with Gasteiger partial charge in [-0.15, -0.1) is 0 Å². The van der Waals surface area contributed by atoms with Gasteiger partial charge in [0.25, 0.3) is 0 Å². The van der Waals surface area contributed by atoms with Gasteiger partial charge >= 0.3 is 0 Å². The van der Waals surface area contributed by atoms with Crippen molar-refractivity contribution in [1.82, 2.24) is 19.5 Å². The first-order chi connectivity index (χ1) is 15.2. The number of benzene rings is 1. The average Bonchev–Trinajstić information content (AvgIpc) is 3.44. The minimum atomic E-state index is -1.04. The molecular formula is C23H21N5O3. The van der Waals surface area contributed by atoms with E-state index in [-0.39, 0.29) is 0 Å². The van der Waals surface area contributed by atoms with Gasteiger partial charge in [0.15, 0.2) is 6.23 Å². The molecule has 0 radical (unpaired) electrons. The molecule has 8 heteroatoms. The van der Waals surface area contributed by atoms with Crippen LogP contribution in [0.1, 0.15) is 19.1 Å². The molecular weight excluding hydrogens is 394 g/mol. The maximum Gasteiger partial charge on any atom is 0.164 e. The molecule has 1 aliphatic heterocycles. The van der Waals surface area contributed by atoms with Crippen molar-refractivity contribution < 1.29 is 14.9 Å².